The molecule has 1 amide bonds. The molecule has 0 radical (unpaired) electrons. The maximum Gasteiger partial charge on any atom is 0.288 e. The number of benzene rings is 2. The van der Waals surface area contributed by atoms with E-state index in [1.807, 2.05) is 24.3 Å². The molecule has 27 heavy (non-hydrogen) atoms. The number of carbonyl (C=O) groups is 1. The fourth-order valence-corrected chi connectivity index (χ4v) is 3.90. The molecule has 1 aliphatic carbocycles. The molecule has 3 rings (SSSR count). The molecule has 0 atom stereocenters. The summed E-state index contributed by atoms with van der Waals surface area (Å²) in [6, 6.07) is 12.0. The van der Waals surface area contributed by atoms with Gasteiger partial charge in [-0.3, -0.25) is 14.9 Å². The Kier molecular flexibility index (Phi) is 5.65. The number of nitrogens with zero attached hydrogens (tertiary/aromatic N) is 1. The summed E-state index contributed by atoms with van der Waals surface area (Å²) in [6.45, 7) is 0.481. The number of nitrogens with one attached hydrogen (secondary N) is 1. The third-order valence-corrected chi connectivity index (χ3v) is 5.58. The first-order valence-electron chi connectivity index (χ1n) is 8.82. The van der Waals surface area contributed by atoms with Crippen molar-refractivity contribution in [2.75, 3.05) is 13.7 Å². The summed E-state index contributed by atoms with van der Waals surface area (Å²) in [6.07, 6.45) is 4.18. The number of nitro benzene ring substituents is 1. The number of amides is 1. The first-order chi connectivity index (χ1) is 12.9. The van der Waals surface area contributed by atoms with Crippen LogP contribution >= 0.6 is 11.6 Å². The van der Waals surface area contributed by atoms with Crippen LogP contribution in [0.2, 0.25) is 5.02 Å². The normalized spacial score (nSPS) is 15.3. The van der Waals surface area contributed by atoms with E-state index in [-0.39, 0.29) is 27.6 Å². The Balaban J connectivity index is 1.77. The van der Waals surface area contributed by atoms with Crippen molar-refractivity contribution in [1.29, 1.82) is 0 Å². The van der Waals surface area contributed by atoms with Gasteiger partial charge in [-0.05, 0) is 42.7 Å². The van der Waals surface area contributed by atoms with Crippen LogP contribution in [0, 0.1) is 10.1 Å². The van der Waals surface area contributed by atoms with E-state index < -0.39 is 4.92 Å². The van der Waals surface area contributed by atoms with Gasteiger partial charge in [-0.15, -0.1) is 0 Å². The van der Waals surface area contributed by atoms with E-state index in [1.165, 1.54) is 23.8 Å². The van der Waals surface area contributed by atoms with Crippen LogP contribution in [0.4, 0.5) is 5.69 Å². The molecule has 0 heterocycles. The minimum atomic E-state index is -0.588. The van der Waals surface area contributed by atoms with Crippen molar-refractivity contribution in [2.24, 2.45) is 0 Å². The molecular formula is C20H21ClN2O4. The Morgan fingerprint density at radius 2 is 1.89 bits per heavy atom. The number of hydrogen-bond acceptors (Lipinski definition) is 4. The van der Waals surface area contributed by atoms with Gasteiger partial charge in [-0.1, -0.05) is 36.6 Å². The fourth-order valence-electron chi connectivity index (χ4n) is 3.71. The summed E-state index contributed by atoms with van der Waals surface area (Å²) in [5.41, 5.74) is 1.01. The van der Waals surface area contributed by atoms with E-state index in [0.29, 0.717) is 6.54 Å². The van der Waals surface area contributed by atoms with Gasteiger partial charge in [0, 0.05) is 23.6 Å². The molecule has 0 bridgehead atoms. The van der Waals surface area contributed by atoms with Gasteiger partial charge in [0.25, 0.3) is 11.6 Å². The van der Waals surface area contributed by atoms with Gasteiger partial charge in [0.05, 0.1) is 12.0 Å². The number of halogens is 1. The molecule has 6 nitrogen and oxygen atoms in total. The maximum absolute atomic E-state index is 12.6. The number of carbonyl (C=O) groups excluding carboxylic acids is 1. The number of nitro groups is 1. The standard InChI is InChI=1S/C20H21ClN2O4/c1-27-16-7-5-15(6-8-16)20(10-2-3-11-20)13-22-19(24)14-4-9-17(21)18(12-14)23(25)26/h4-9,12H,2-3,10-11,13H2,1H3,(H,22,24). The quantitative estimate of drug-likeness (QED) is 0.583. The van der Waals surface area contributed by atoms with E-state index >= 15 is 0 Å². The van der Waals surface area contributed by atoms with Crippen LogP contribution in [-0.4, -0.2) is 24.5 Å². The summed E-state index contributed by atoms with van der Waals surface area (Å²) in [7, 11) is 1.63. The lowest BCUT2D eigenvalue weighted by Gasteiger charge is -2.30. The highest BCUT2D eigenvalue weighted by Gasteiger charge is 2.36. The largest absolute Gasteiger partial charge is 0.497 e. The molecule has 0 unspecified atom stereocenters. The van der Waals surface area contributed by atoms with Crippen LogP contribution in [0.25, 0.3) is 0 Å². The molecule has 0 saturated heterocycles. The summed E-state index contributed by atoms with van der Waals surface area (Å²) >= 11 is 5.82. The van der Waals surface area contributed by atoms with Crippen molar-refractivity contribution in [3.8, 4) is 5.75 Å². The molecule has 1 saturated carbocycles. The van der Waals surface area contributed by atoms with Gasteiger partial charge in [-0.2, -0.15) is 0 Å². The second kappa shape index (κ2) is 7.96. The summed E-state index contributed by atoms with van der Waals surface area (Å²) < 4.78 is 5.23. The maximum atomic E-state index is 12.6. The number of methoxy groups -OCH3 is 1. The molecule has 1 N–H and O–H groups in total. The second-order valence-electron chi connectivity index (χ2n) is 6.82. The van der Waals surface area contributed by atoms with Gasteiger partial charge in [0.15, 0.2) is 0 Å². The highest BCUT2D eigenvalue weighted by molar-refractivity contribution is 6.32. The SMILES string of the molecule is COc1ccc(C2(CNC(=O)c3ccc(Cl)c([N+](=O)[O-])c3)CCCC2)cc1. The van der Waals surface area contributed by atoms with Gasteiger partial charge < -0.3 is 10.1 Å². The number of rotatable bonds is 6. The monoisotopic (exact) mass is 388 g/mol. The molecule has 2 aromatic carbocycles. The zero-order valence-corrected chi connectivity index (χ0v) is 15.8. The molecule has 7 heteroatoms. The fraction of sp³-hybridized carbons (Fsp3) is 0.350. The van der Waals surface area contributed by atoms with Crippen LogP contribution in [0.3, 0.4) is 0 Å². The van der Waals surface area contributed by atoms with Crippen LogP contribution in [0.15, 0.2) is 42.5 Å². The van der Waals surface area contributed by atoms with Crippen molar-refractivity contribution in [3.63, 3.8) is 0 Å². The minimum absolute atomic E-state index is 0.0158. The first-order valence-corrected chi connectivity index (χ1v) is 9.20. The summed E-state index contributed by atoms with van der Waals surface area (Å²) in [4.78, 5) is 23.0. The average Bonchev–Trinajstić information content (AvgIpc) is 3.16. The van der Waals surface area contributed by atoms with Gasteiger partial charge >= 0.3 is 0 Å². The van der Waals surface area contributed by atoms with E-state index in [4.69, 9.17) is 16.3 Å². The molecule has 0 aliphatic heterocycles. The second-order valence-corrected chi connectivity index (χ2v) is 7.23. The average molecular weight is 389 g/mol. The predicted octanol–water partition coefficient (Wildman–Crippen LogP) is 4.50. The molecule has 0 spiro atoms. The predicted molar refractivity (Wildman–Crippen MR) is 104 cm³/mol. The molecule has 0 aromatic heterocycles. The minimum Gasteiger partial charge on any atom is -0.497 e. The van der Waals surface area contributed by atoms with E-state index in [0.717, 1.165) is 31.4 Å². The molecule has 142 valence electrons. The number of ether oxygens (including phenoxy) is 1. The van der Waals surface area contributed by atoms with Crippen LogP contribution in [0.5, 0.6) is 5.75 Å². The lowest BCUT2D eigenvalue weighted by molar-refractivity contribution is -0.384. The lowest BCUT2D eigenvalue weighted by Crippen LogP contribution is -2.39. The first kappa shape index (κ1) is 19.2. The van der Waals surface area contributed by atoms with Gasteiger partial charge in [0.2, 0.25) is 0 Å². The van der Waals surface area contributed by atoms with Crippen molar-refractivity contribution in [2.45, 2.75) is 31.1 Å². The van der Waals surface area contributed by atoms with E-state index in [1.54, 1.807) is 7.11 Å². The Morgan fingerprint density at radius 1 is 1.22 bits per heavy atom. The molecular weight excluding hydrogens is 368 g/mol. The zero-order valence-electron chi connectivity index (χ0n) is 15.0. The van der Waals surface area contributed by atoms with Crippen molar-refractivity contribution >= 4 is 23.2 Å². The summed E-state index contributed by atoms with van der Waals surface area (Å²) in [5, 5.41) is 14.0. The Morgan fingerprint density at radius 3 is 2.48 bits per heavy atom. The van der Waals surface area contributed by atoms with E-state index in [2.05, 4.69) is 5.32 Å². The molecule has 1 fully saturated rings. The number of hydrogen-bond donors (Lipinski definition) is 1. The highest BCUT2D eigenvalue weighted by atomic mass is 35.5. The highest BCUT2D eigenvalue weighted by Crippen LogP contribution is 2.41. The van der Waals surface area contributed by atoms with E-state index in [9.17, 15) is 14.9 Å². The van der Waals surface area contributed by atoms with Crippen LogP contribution in [0.1, 0.15) is 41.6 Å². The smallest absolute Gasteiger partial charge is 0.288 e. The van der Waals surface area contributed by atoms with Crippen molar-refractivity contribution < 1.29 is 14.5 Å². The third-order valence-electron chi connectivity index (χ3n) is 5.26. The van der Waals surface area contributed by atoms with Gasteiger partial charge in [0.1, 0.15) is 10.8 Å². The Labute approximate surface area is 162 Å². The zero-order chi connectivity index (χ0) is 19.4. The van der Waals surface area contributed by atoms with Crippen LogP contribution in [-0.2, 0) is 5.41 Å². The Bertz CT molecular complexity index is 846. The Hall–Kier alpha value is -2.60. The van der Waals surface area contributed by atoms with Crippen molar-refractivity contribution in [1.82, 2.24) is 5.32 Å². The third kappa shape index (κ3) is 4.06. The van der Waals surface area contributed by atoms with Crippen LogP contribution < -0.4 is 10.1 Å². The van der Waals surface area contributed by atoms with Gasteiger partial charge in [-0.25, -0.2) is 0 Å². The van der Waals surface area contributed by atoms with Crippen molar-refractivity contribution in [3.05, 3.63) is 68.7 Å². The topological polar surface area (TPSA) is 81.5 Å². The summed E-state index contributed by atoms with van der Waals surface area (Å²) in [5.74, 6) is 0.457. The molecule has 1 aliphatic rings. The lowest BCUT2D eigenvalue weighted by atomic mass is 9.78. The molecule has 2 aromatic rings.